The topological polar surface area (TPSA) is 3.24 Å². The highest BCUT2D eigenvalue weighted by atomic mass is 15.2. The Bertz CT molecular complexity index is 2690. The molecule has 1 heterocycles. The first-order chi connectivity index (χ1) is 26.5. The summed E-state index contributed by atoms with van der Waals surface area (Å²) in [5.41, 5.74) is 21.0. The van der Waals surface area contributed by atoms with Crippen LogP contribution < -0.4 is 4.90 Å². The summed E-state index contributed by atoms with van der Waals surface area (Å²) in [6.07, 6.45) is 4.76. The first-order valence-corrected chi connectivity index (χ1v) is 19.8. The Hall–Kier alpha value is -5.92. The number of allylic oxidation sites excluding steroid dienone is 1. The Kier molecular flexibility index (Phi) is 7.36. The van der Waals surface area contributed by atoms with Crippen molar-refractivity contribution in [3.8, 4) is 22.3 Å². The predicted octanol–water partition coefficient (Wildman–Crippen LogP) is 14.3. The molecule has 0 radical (unpaired) electrons. The molecule has 55 heavy (non-hydrogen) atoms. The Morgan fingerprint density at radius 2 is 0.927 bits per heavy atom. The van der Waals surface area contributed by atoms with Crippen molar-refractivity contribution < 1.29 is 0 Å². The van der Waals surface area contributed by atoms with Gasteiger partial charge in [-0.15, -0.1) is 0 Å². The van der Waals surface area contributed by atoms with Crippen LogP contribution in [0.15, 0.2) is 164 Å². The zero-order chi connectivity index (χ0) is 37.7. The van der Waals surface area contributed by atoms with Crippen molar-refractivity contribution in [3.05, 3.63) is 214 Å². The molecule has 1 atom stereocenters. The molecule has 10 rings (SSSR count). The average molecular weight is 710 g/mol. The van der Waals surface area contributed by atoms with Crippen LogP contribution in [-0.4, -0.2) is 0 Å². The lowest BCUT2D eigenvalue weighted by atomic mass is 9.73. The number of anilines is 3. The van der Waals surface area contributed by atoms with Crippen molar-refractivity contribution in [1.82, 2.24) is 0 Å². The van der Waals surface area contributed by atoms with E-state index in [0.29, 0.717) is 0 Å². The van der Waals surface area contributed by atoms with Crippen LogP contribution in [0.1, 0.15) is 97.5 Å². The molecular formula is C54H47N. The maximum Gasteiger partial charge on any atom is 0.0503 e. The summed E-state index contributed by atoms with van der Waals surface area (Å²) < 4.78 is 0. The fourth-order valence-corrected chi connectivity index (χ4v) is 10.1. The summed E-state index contributed by atoms with van der Waals surface area (Å²) in [5, 5.41) is 0. The molecule has 0 aromatic heterocycles. The van der Waals surface area contributed by atoms with E-state index in [0.717, 1.165) is 0 Å². The van der Waals surface area contributed by atoms with Gasteiger partial charge < -0.3 is 4.90 Å². The first-order valence-electron chi connectivity index (χ1n) is 19.8. The minimum atomic E-state index is -0.183. The van der Waals surface area contributed by atoms with E-state index < -0.39 is 0 Å². The van der Waals surface area contributed by atoms with Gasteiger partial charge in [-0.05, 0) is 103 Å². The lowest BCUT2D eigenvalue weighted by molar-refractivity contribution is 0.631. The second-order valence-electron chi connectivity index (χ2n) is 17.4. The van der Waals surface area contributed by atoms with Crippen molar-refractivity contribution in [3.63, 3.8) is 0 Å². The van der Waals surface area contributed by atoms with Crippen molar-refractivity contribution in [2.45, 2.75) is 63.7 Å². The van der Waals surface area contributed by atoms with Crippen molar-refractivity contribution in [2.24, 2.45) is 0 Å². The van der Waals surface area contributed by atoms with Crippen LogP contribution in [0.2, 0.25) is 0 Å². The number of fused-ring (bicyclic) bond motifs is 8. The van der Waals surface area contributed by atoms with E-state index in [4.69, 9.17) is 0 Å². The summed E-state index contributed by atoms with van der Waals surface area (Å²) in [4.78, 5) is 2.50. The van der Waals surface area contributed by atoms with Crippen molar-refractivity contribution >= 4 is 23.1 Å². The van der Waals surface area contributed by atoms with Crippen molar-refractivity contribution in [2.75, 3.05) is 4.90 Å². The molecule has 0 saturated carbocycles. The van der Waals surface area contributed by atoms with Crippen LogP contribution in [-0.2, 0) is 16.2 Å². The SMILES string of the molecule is CC1(C)c2ccccc2-c2ccc(C(/C=C/c3ccc4c(c3)C(C)(C)c3ccccc3N4c3ccc4c(c3)C(C)(C)c3ccccc3-4)c3ccccc3)cc21. The molecule has 0 spiro atoms. The van der Waals surface area contributed by atoms with Crippen LogP contribution in [0, 0.1) is 0 Å². The molecule has 3 aliphatic rings. The van der Waals surface area contributed by atoms with E-state index >= 15 is 0 Å². The predicted molar refractivity (Wildman–Crippen MR) is 232 cm³/mol. The Labute approximate surface area is 326 Å². The highest BCUT2D eigenvalue weighted by molar-refractivity contribution is 5.90. The third-order valence-electron chi connectivity index (χ3n) is 13.2. The van der Waals surface area contributed by atoms with Gasteiger partial charge in [0.05, 0.1) is 11.4 Å². The molecule has 1 aliphatic heterocycles. The van der Waals surface area contributed by atoms with Gasteiger partial charge in [-0.1, -0.05) is 181 Å². The van der Waals surface area contributed by atoms with E-state index in [2.05, 4.69) is 216 Å². The largest absolute Gasteiger partial charge is 0.310 e. The van der Waals surface area contributed by atoms with Gasteiger partial charge in [0, 0.05) is 27.9 Å². The molecule has 7 aromatic rings. The summed E-state index contributed by atoms with van der Waals surface area (Å²) in [6.45, 7) is 14.2. The minimum absolute atomic E-state index is 0.0440. The summed E-state index contributed by atoms with van der Waals surface area (Å²) in [7, 11) is 0. The van der Waals surface area contributed by atoms with Gasteiger partial charge in [0.15, 0.2) is 0 Å². The van der Waals surface area contributed by atoms with E-state index in [1.165, 1.54) is 89.4 Å². The normalized spacial score (nSPS) is 16.8. The molecule has 0 bridgehead atoms. The lowest BCUT2D eigenvalue weighted by Gasteiger charge is -2.42. The van der Waals surface area contributed by atoms with E-state index in [-0.39, 0.29) is 22.2 Å². The van der Waals surface area contributed by atoms with Gasteiger partial charge >= 0.3 is 0 Å². The fourth-order valence-electron chi connectivity index (χ4n) is 10.1. The molecular weight excluding hydrogens is 663 g/mol. The second-order valence-corrected chi connectivity index (χ2v) is 17.4. The number of para-hydroxylation sites is 1. The molecule has 0 amide bonds. The Morgan fingerprint density at radius 3 is 1.62 bits per heavy atom. The average Bonchev–Trinajstić information content (AvgIpc) is 3.58. The van der Waals surface area contributed by atoms with E-state index in [9.17, 15) is 0 Å². The van der Waals surface area contributed by atoms with E-state index in [1.54, 1.807) is 0 Å². The van der Waals surface area contributed by atoms with Crippen LogP contribution in [0.4, 0.5) is 17.1 Å². The van der Waals surface area contributed by atoms with Gasteiger partial charge in [0.25, 0.3) is 0 Å². The molecule has 0 fully saturated rings. The lowest BCUT2D eigenvalue weighted by Crippen LogP contribution is -2.30. The minimum Gasteiger partial charge on any atom is -0.310 e. The molecule has 1 nitrogen and oxygen atoms in total. The number of hydrogen-bond donors (Lipinski definition) is 0. The third-order valence-corrected chi connectivity index (χ3v) is 13.2. The highest BCUT2D eigenvalue weighted by Crippen LogP contribution is 2.55. The van der Waals surface area contributed by atoms with Crippen molar-refractivity contribution in [1.29, 1.82) is 0 Å². The standard InChI is InChI=1S/C54H47N/c1-52(2)44-20-12-10-18-40(44)42-29-26-37(33-47(42)52)39(36-16-8-7-9-17-36)28-24-35-25-31-51-49(32-35)54(5,6)46-22-14-15-23-50(46)55(51)38-27-30-43-41-19-11-13-21-45(41)53(3,4)48(43)34-38/h7-34,39H,1-6H3/b28-24+. The van der Waals surface area contributed by atoms with E-state index in [1.807, 2.05) is 0 Å². The van der Waals surface area contributed by atoms with Gasteiger partial charge in [-0.2, -0.15) is 0 Å². The number of benzene rings is 7. The zero-order valence-corrected chi connectivity index (χ0v) is 32.7. The number of nitrogens with zero attached hydrogens (tertiary/aromatic N) is 1. The first kappa shape index (κ1) is 33.6. The maximum atomic E-state index is 2.50. The molecule has 0 saturated heterocycles. The second kappa shape index (κ2) is 12.0. The molecule has 0 N–H and O–H groups in total. The van der Waals surface area contributed by atoms with Gasteiger partial charge in [0.2, 0.25) is 0 Å². The van der Waals surface area contributed by atoms with Gasteiger partial charge in [-0.25, -0.2) is 0 Å². The molecule has 2 aliphatic carbocycles. The highest BCUT2D eigenvalue weighted by Gasteiger charge is 2.40. The quantitative estimate of drug-likeness (QED) is 0.172. The van der Waals surface area contributed by atoms with Crippen LogP contribution in [0.3, 0.4) is 0 Å². The third kappa shape index (κ3) is 4.99. The summed E-state index contributed by atoms with van der Waals surface area (Å²) in [5.74, 6) is 0.117. The molecule has 7 aromatic carbocycles. The monoisotopic (exact) mass is 709 g/mol. The fraction of sp³-hybridized carbons (Fsp3) is 0.185. The molecule has 1 unspecified atom stereocenters. The summed E-state index contributed by atoms with van der Waals surface area (Å²) >= 11 is 0. The maximum absolute atomic E-state index is 2.50. The Morgan fingerprint density at radius 1 is 0.400 bits per heavy atom. The van der Waals surface area contributed by atoms with Crippen LogP contribution >= 0.6 is 0 Å². The molecule has 1 heteroatoms. The number of rotatable bonds is 5. The van der Waals surface area contributed by atoms with Crippen LogP contribution in [0.25, 0.3) is 28.3 Å². The molecule has 268 valence electrons. The zero-order valence-electron chi connectivity index (χ0n) is 32.7. The Balaban J connectivity index is 1.07. The van der Waals surface area contributed by atoms with Gasteiger partial charge in [0.1, 0.15) is 0 Å². The number of hydrogen-bond acceptors (Lipinski definition) is 1. The van der Waals surface area contributed by atoms with Crippen LogP contribution in [0.5, 0.6) is 0 Å². The summed E-state index contributed by atoms with van der Waals surface area (Å²) in [6, 6.07) is 59.2. The smallest absolute Gasteiger partial charge is 0.0503 e. The van der Waals surface area contributed by atoms with Gasteiger partial charge in [-0.3, -0.25) is 0 Å².